The molecule has 0 heterocycles. The second kappa shape index (κ2) is 29.2. The van der Waals surface area contributed by atoms with E-state index in [1.54, 1.807) is 20.8 Å². The molecular formula is C53H103F9. The van der Waals surface area contributed by atoms with E-state index in [0.717, 1.165) is 43.4 Å². The molecule has 4 rings (SSSR count). The fourth-order valence-electron chi connectivity index (χ4n) is 8.64. The van der Waals surface area contributed by atoms with Crippen LogP contribution in [0.2, 0.25) is 0 Å². The average molecular weight is 913 g/mol. The van der Waals surface area contributed by atoms with Crippen LogP contribution in [-0.4, -0.2) is 18.5 Å². The van der Waals surface area contributed by atoms with E-state index in [9.17, 15) is 39.5 Å². The van der Waals surface area contributed by atoms with Crippen molar-refractivity contribution < 1.29 is 42.3 Å². The fourth-order valence-corrected chi connectivity index (χ4v) is 8.64. The predicted molar refractivity (Wildman–Crippen MR) is 251 cm³/mol. The van der Waals surface area contributed by atoms with Crippen LogP contribution in [0.4, 0.5) is 39.5 Å². The van der Waals surface area contributed by atoms with Gasteiger partial charge in [0.1, 0.15) is 0 Å². The Hall–Kier alpha value is -0.630. The molecule has 0 N–H and O–H groups in total. The van der Waals surface area contributed by atoms with Gasteiger partial charge in [-0.25, -0.2) is 0 Å². The van der Waals surface area contributed by atoms with E-state index in [-0.39, 0.29) is 40.9 Å². The summed E-state index contributed by atoms with van der Waals surface area (Å²) < 4.78 is 125. The van der Waals surface area contributed by atoms with Gasteiger partial charge in [0, 0.05) is 2.74 Å². The predicted octanol–water partition coefficient (Wildman–Crippen LogP) is 20.9. The molecule has 0 amide bonds. The minimum atomic E-state index is -3.98. The van der Waals surface area contributed by atoms with Crippen molar-refractivity contribution in [2.24, 2.45) is 87.3 Å². The molecule has 378 valence electrons. The third-order valence-electron chi connectivity index (χ3n) is 14.0. The lowest BCUT2D eigenvalue weighted by atomic mass is 9.73. The van der Waals surface area contributed by atoms with Gasteiger partial charge in [-0.15, -0.1) is 0 Å². The lowest BCUT2D eigenvalue weighted by Gasteiger charge is -2.35. The van der Waals surface area contributed by atoms with Crippen LogP contribution in [0.5, 0.6) is 0 Å². The first kappa shape index (κ1) is 61.4. The Morgan fingerprint density at radius 2 is 0.790 bits per heavy atom. The highest BCUT2D eigenvalue weighted by atomic mass is 19.4. The summed E-state index contributed by atoms with van der Waals surface area (Å²) in [7, 11) is 0. The first-order valence-corrected chi connectivity index (χ1v) is 24.5. The molecule has 4 saturated carbocycles. The van der Waals surface area contributed by atoms with E-state index in [1.165, 1.54) is 32.1 Å². The zero-order chi connectivity index (χ0) is 51.6. The zero-order valence-electron chi connectivity index (χ0n) is 46.0. The van der Waals surface area contributed by atoms with E-state index >= 15 is 0 Å². The molecule has 62 heavy (non-hydrogen) atoms. The number of alkyl halides is 9. The van der Waals surface area contributed by atoms with Gasteiger partial charge in [0.15, 0.2) is 0 Å². The van der Waals surface area contributed by atoms with Gasteiger partial charge in [-0.1, -0.05) is 190 Å². The van der Waals surface area contributed by atoms with Gasteiger partial charge in [0.25, 0.3) is 0 Å². The molecule has 0 saturated heterocycles. The van der Waals surface area contributed by atoms with Crippen LogP contribution in [0.3, 0.4) is 0 Å². The van der Waals surface area contributed by atoms with Gasteiger partial charge in [-0.2, -0.15) is 39.5 Å². The van der Waals surface area contributed by atoms with Crippen molar-refractivity contribution in [1.29, 1.82) is 0 Å². The summed E-state index contributed by atoms with van der Waals surface area (Å²) in [6.07, 6.45) is -1.47. The highest BCUT2D eigenvalue weighted by molar-refractivity contribution is 4.84. The monoisotopic (exact) mass is 913 g/mol. The second-order valence-electron chi connectivity index (χ2n) is 23.9. The molecule has 0 aromatic rings. The molecule has 0 aliphatic heterocycles. The summed E-state index contributed by atoms with van der Waals surface area (Å²) in [5.41, 5.74) is 0.863. The molecule has 11 atom stereocenters. The molecule has 9 unspecified atom stereocenters. The molecule has 0 aromatic carbocycles. The van der Waals surface area contributed by atoms with Crippen LogP contribution in [0.1, 0.15) is 238 Å². The second-order valence-corrected chi connectivity index (χ2v) is 23.9. The van der Waals surface area contributed by atoms with Crippen molar-refractivity contribution in [1.82, 2.24) is 0 Å². The third kappa shape index (κ3) is 32.9. The van der Waals surface area contributed by atoms with Crippen molar-refractivity contribution in [3.8, 4) is 0 Å². The Morgan fingerprint density at radius 1 is 0.419 bits per heavy atom. The maximum atomic E-state index is 12.4. The van der Waals surface area contributed by atoms with Gasteiger partial charge < -0.3 is 0 Å². The van der Waals surface area contributed by atoms with E-state index in [4.69, 9.17) is 2.74 Å². The third-order valence-corrected chi connectivity index (χ3v) is 14.0. The van der Waals surface area contributed by atoms with E-state index in [0.29, 0.717) is 36.5 Å². The highest BCUT2D eigenvalue weighted by Gasteiger charge is 2.47. The van der Waals surface area contributed by atoms with Crippen molar-refractivity contribution >= 4 is 0 Å². The van der Waals surface area contributed by atoms with Crippen molar-refractivity contribution in [2.45, 2.75) is 254 Å². The average Bonchev–Trinajstić information content (AvgIpc) is 3.59. The van der Waals surface area contributed by atoms with Gasteiger partial charge >= 0.3 is 18.5 Å². The van der Waals surface area contributed by atoms with E-state index < -0.39 is 42.7 Å². The molecule has 0 aromatic heterocycles. The maximum Gasteiger partial charge on any atom is 0.392 e. The van der Waals surface area contributed by atoms with Gasteiger partial charge in [-0.05, 0) is 114 Å². The van der Waals surface area contributed by atoms with Crippen molar-refractivity contribution in [3.63, 3.8) is 0 Å². The normalized spacial score (nSPS) is 32.4. The Bertz CT molecular complexity index is 1140. The van der Waals surface area contributed by atoms with Gasteiger partial charge in [0.2, 0.25) is 0 Å². The highest BCUT2D eigenvalue weighted by Crippen LogP contribution is 2.46. The largest absolute Gasteiger partial charge is 0.392 e. The molecule has 0 nitrogen and oxygen atoms in total. The first-order chi connectivity index (χ1) is 28.3. The fraction of sp³-hybridized carbons (Fsp3) is 1.00. The summed E-state index contributed by atoms with van der Waals surface area (Å²) in [6, 6.07) is 0. The van der Waals surface area contributed by atoms with Crippen LogP contribution in [0, 0.1) is 87.3 Å². The minimum Gasteiger partial charge on any atom is -0.171 e. The molecule has 4 fully saturated rings. The molecular weight excluding hydrogens is 808 g/mol. The number of hydrogen-bond donors (Lipinski definition) is 0. The number of rotatable bonds is 1. The molecule has 9 heteroatoms. The molecule has 0 bridgehead atoms. The van der Waals surface area contributed by atoms with Gasteiger partial charge in [-0.3, -0.25) is 0 Å². The van der Waals surface area contributed by atoms with Crippen molar-refractivity contribution in [3.05, 3.63) is 0 Å². The Labute approximate surface area is 382 Å². The standard InChI is InChI=1S/2C9H15F3.C8H13F3.C8H16.C7H16.2C6H14/c1-6-3-7(2)5-8(4-6)9(10,11)12;1-6-4-3-5-8(7(6)2)9(10,11)12;1-5-3-6(2)7(4-5)8(9,10)11;1-6-4-5-7(2)8(6)3;1-5-6-7(2,3)4;2*1-5-6(2,3)4/h2*6-8H,3-5H2,1-2H3;5-7H,3-4H2,1-2H3;6-8H,4-5H2,1-3H3;5-6H2,1-4H3;2*5H2,1-4H3/t6-,7?,8?;6?,7-,8?;;;;;/m01...../s1/i;;;;;5D2;. The molecule has 0 radical (unpaired) electrons. The topological polar surface area (TPSA) is 0 Å². The van der Waals surface area contributed by atoms with Crippen molar-refractivity contribution in [2.75, 3.05) is 0 Å². The van der Waals surface area contributed by atoms with Crippen LogP contribution >= 0.6 is 0 Å². The summed E-state index contributed by atoms with van der Waals surface area (Å²) in [4.78, 5) is 0. The van der Waals surface area contributed by atoms with Crippen LogP contribution in [0.15, 0.2) is 0 Å². The molecule has 4 aliphatic rings. The Balaban J connectivity index is -0.000000688. The van der Waals surface area contributed by atoms with Crippen LogP contribution in [-0.2, 0) is 0 Å². The van der Waals surface area contributed by atoms with Gasteiger partial charge in [0.05, 0.1) is 17.8 Å². The maximum absolute atomic E-state index is 12.4. The van der Waals surface area contributed by atoms with E-state index in [2.05, 4.69) is 76.2 Å². The molecule has 4 aliphatic carbocycles. The zero-order valence-corrected chi connectivity index (χ0v) is 44.0. The summed E-state index contributed by atoms with van der Waals surface area (Å²) in [5, 5.41) is 0. The summed E-state index contributed by atoms with van der Waals surface area (Å²) in [5.74, 6) is 0.395. The lowest BCUT2D eigenvalue weighted by Crippen LogP contribution is -2.35. The van der Waals surface area contributed by atoms with Crippen LogP contribution < -0.4 is 0 Å². The Kier molecular flexibility index (Phi) is 28.9. The van der Waals surface area contributed by atoms with E-state index in [1.807, 2.05) is 48.5 Å². The smallest absolute Gasteiger partial charge is 0.171 e. The quantitative estimate of drug-likeness (QED) is 0.230. The van der Waals surface area contributed by atoms with Crippen LogP contribution in [0.25, 0.3) is 0 Å². The Morgan fingerprint density at radius 3 is 0.984 bits per heavy atom. The first-order valence-electron chi connectivity index (χ1n) is 25.5. The minimum absolute atomic E-state index is 0.176. The SMILES string of the molecule is CC1CC(C(F)(F)F)C[C@@H](C)C1.CC1CC(C)C(C(F)(F)F)C1.CC1CCC(C)C1C.CC1CCCC(C(F)(F)F)[C@@H]1C.CCC(C)(C)C.CCCC(C)(C)C.[2H]C([2H])(C)C(C)(C)C. The summed E-state index contributed by atoms with van der Waals surface area (Å²) in [6.45, 7) is 43.4. The lowest BCUT2D eigenvalue weighted by molar-refractivity contribution is -0.199. The number of halogens is 9. The summed E-state index contributed by atoms with van der Waals surface area (Å²) >= 11 is 0. The number of hydrogen-bond acceptors (Lipinski definition) is 0. The molecule has 0 spiro atoms.